The van der Waals surface area contributed by atoms with Gasteiger partial charge < -0.3 is 5.01 Å². The first-order valence-corrected chi connectivity index (χ1v) is 3.49. The van der Waals surface area contributed by atoms with E-state index in [4.69, 9.17) is 0 Å². The lowest BCUT2D eigenvalue weighted by Gasteiger charge is -2.23. The normalized spacial score (nSPS) is 19.6. The van der Waals surface area contributed by atoms with Gasteiger partial charge in [0.15, 0.2) is 0 Å². The third-order valence-electron chi connectivity index (χ3n) is 1.57. The van der Waals surface area contributed by atoms with Crippen LogP contribution in [0.3, 0.4) is 0 Å². The maximum Gasteiger partial charge on any atom is 0.0378 e. The van der Waals surface area contributed by atoms with Crippen LogP contribution in [0.4, 0.5) is 0 Å². The van der Waals surface area contributed by atoms with Gasteiger partial charge in [0, 0.05) is 26.3 Å². The molecule has 0 amide bonds. The van der Waals surface area contributed by atoms with Crippen molar-refractivity contribution in [2.45, 2.75) is 13.3 Å². The zero-order valence-electron chi connectivity index (χ0n) is 6.17. The van der Waals surface area contributed by atoms with Crippen molar-refractivity contribution in [1.82, 2.24) is 10.0 Å². The topological polar surface area (TPSA) is 6.48 Å². The quantitative estimate of drug-likeness (QED) is 0.546. The van der Waals surface area contributed by atoms with Gasteiger partial charge in [-0.2, -0.15) is 0 Å². The Bertz CT molecular complexity index is 109. The molecule has 0 atom stereocenters. The molecule has 0 aliphatic carbocycles. The molecule has 0 unspecified atom stereocenters. The molecule has 0 spiro atoms. The highest BCUT2D eigenvalue weighted by molar-refractivity contribution is 4.89. The molecule has 2 nitrogen and oxygen atoms in total. The Morgan fingerprint density at radius 3 is 2.78 bits per heavy atom. The summed E-state index contributed by atoms with van der Waals surface area (Å²) in [6, 6.07) is 0. The summed E-state index contributed by atoms with van der Waals surface area (Å²) in [5.74, 6) is 0. The second-order valence-electron chi connectivity index (χ2n) is 2.37. The largest absolute Gasteiger partial charge is 0.316 e. The van der Waals surface area contributed by atoms with Crippen molar-refractivity contribution in [3.05, 3.63) is 12.3 Å². The molecule has 0 bridgehead atoms. The summed E-state index contributed by atoms with van der Waals surface area (Å²) >= 11 is 0. The van der Waals surface area contributed by atoms with Crippen molar-refractivity contribution in [3.8, 4) is 0 Å². The predicted molar refractivity (Wildman–Crippen MR) is 38.8 cm³/mol. The van der Waals surface area contributed by atoms with Gasteiger partial charge in [0.25, 0.3) is 0 Å². The highest BCUT2D eigenvalue weighted by Gasteiger charge is 2.08. The molecular formula is C7H14N2. The monoisotopic (exact) mass is 126 g/mol. The molecule has 0 aromatic rings. The molecule has 1 heterocycles. The second-order valence-corrected chi connectivity index (χ2v) is 2.37. The first-order chi connectivity index (χ1) is 4.34. The molecule has 9 heavy (non-hydrogen) atoms. The van der Waals surface area contributed by atoms with Gasteiger partial charge in [-0.05, 0) is 6.42 Å². The molecule has 0 saturated carbocycles. The standard InChI is InChI=1S/C7H14N2/c1-3-5-9-7-4-6-8(9)2/h4,6H,3,5,7H2,1-2H3. The summed E-state index contributed by atoms with van der Waals surface area (Å²) < 4.78 is 0. The predicted octanol–water partition coefficient (Wildman–Crippen LogP) is 1.07. The van der Waals surface area contributed by atoms with E-state index in [9.17, 15) is 0 Å². The van der Waals surface area contributed by atoms with E-state index in [1.54, 1.807) is 0 Å². The van der Waals surface area contributed by atoms with Crippen LogP contribution in [0.5, 0.6) is 0 Å². The van der Waals surface area contributed by atoms with Crippen molar-refractivity contribution in [2.24, 2.45) is 0 Å². The SMILES string of the molecule is CCCN1CC=CN1C. The lowest BCUT2D eigenvalue weighted by molar-refractivity contribution is 0.0805. The maximum atomic E-state index is 2.31. The fraction of sp³-hybridized carbons (Fsp3) is 0.714. The fourth-order valence-corrected chi connectivity index (χ4v) is 1.05. The van der Waals surface area contributed by atoms with Gasteiger partial charge in [0.05, 0.1) is 0 Å². The average molecular weight is 126 g/mol. The van der Waals surface area contributed by atoms with E-state index in [1.807, 2.05) is 0 Å². The zero-order chi connectivity index (χ0) is 6.69. The molecule has 52 valence electrons. The van der Waals surface area contributed by atoms with Crippen molar-refractivity contribution >= 4 is 0 Å². The number of nitrogens with zero attached hydrogens (tertiary/aromatic N) is 2. The number of rotatable bonds is 2. The van der Waals surface area contributed by atoms with Gasteiger partial charge in [-0.15, -0.1) is 0 Å². The number of hydrazine groups is 1. The molecule has 2 heteroatoms. The number of hydrogen-bond donors (Lipinski definition) is 0. The Labute approximate surface area is 56.7 Å². The van der Waals surface area contributed by atoms with Crippen LogP contribution in [-0.4, -0.2) is 30.2 Å². The summed E-state index contributed by atoms with van der Waals surface area (Å²) in [4.78, 5) is 0. The molecule has 0 radical (unpaired) electrons. The van der Waals surface area contributed by atoms with Gasteiger partial charge >= 0.3 is 0 Å². The van der Waals surface area contributed by atoms with Crippen LogP contribution >= 0.6 is 0 Å². The van der Waals surface area contributed by atoms with E-state index in [1.165, 1.54) is 13.0 Å². The van der Waals surface area contributed by atoms with Crippen LogP contribution in [0.15, 0.2) is 12.3 Å². The highest BCUT2D eigenvalue weighted by Crippen LogP contribution is 2.03. The van der Waals surface area contributed by atoms with Crippen LogP contribution < -0.4 is 0 Å². The van der Waals surface area contributed by atoms with Gasteiger partial charge in [-0.1, -0.05) is 13.0 Å². The zero-order valence-corrected chi connectivity index (χ0v) is 6.17. The van der Waals surface area contributed by atoms with Crippen LogP contribution in [-0.2, 0) is 0 Å². The van der Waals surface area contributed by atoms with Gasteiger partial charge in [0.2, 0.25) is 0 Å². The van der Waals surface area contributed by atoms with E-state index in [0.717, 1.165) is 6.54 Å². The molecule has 1 rings (SSSR count). The van der Waals surface area contributed by atoms with Gasteiger partial charge in [0.1, 0.15) is 0 Å². The molecule has 0 aromatic heterocycles. The van der Waals surface area contributed by atoms with E-state index in [0.29, 0.717) is 0 Å². The fourth-order valence-electron chi connectivity index (χ4n) is 1.05. The Morgan fingerprint density at radius 2 is 2.33 bits per heavy atom. The second kappa shape index (κ2) is 2.87. The van der Waals surface area contributed by atoms with Crippen LogP contribution in [0, 0.1) is 0 Å². The minimum atomic E-state index is 1.09. The lowest BCUT2D eigenvalue weighted by Crippen LogP contribution is -2.32. The smallest absolute Gasteiger partial charge is 0.0378 e. The summed E-state index contributed by atoms with van der Waals surface area (Å²) in [5, 5.41) is 4.45. The van der Waals surface area contributed by atoms with Crippen LogP contribution in [0.2, 0.25) is 0 Å². The molecular weight excluding hydrogens is 112 g/mol. The maximum absolute atomic E-state index is 2.31. The Balaban J connectivity index is 2.28. The van der Waals surface area contributed by atoms with Crippen LogP contribution in [0.25, 0.3) is 0 Å². The molecule has 1 aliphatic heterocycles. The lowest BCUT2D eigenvalue weighted by atomic mass is 10.4. The van der Waals surface area contributed by atoms with Gasteiger partial charge in [-0.3, -0.25) is 0 Å². The van der Waals surface area contributed by atoms with Crippen LogP contribution in [0.1, 0.15) is 13.3 Å². The summed E-state index contributed by atoms with van der Waals surface area (Å²) in [7, 11) is 2.08. The summed E-state index contributed by atoms with van der Waals surface area (Å²) in [6.45, 7) is 4.46. The van der Waals surface area contributed by atoms with Crippen molar-refractivity contribution in [3.63, 3.8) is 0 Å². The molecule has 0 aromatic carbocycles. The van der Waals surface area contributed by atoms with E-state index >= 15 is 0 Å². The molecule has 0 fully saturated rings. The van der Waals surface area contributed by atoms with Crippen molar-refractivity contribution in [2.75, 3.05) is 20.1 Å². The minimum Gasteiger partial charge on any atom is -0.316 e. The third kappa shape index (κ3) is 1.45. The third-order valence-corrected chi connectivity index (χ3v) is 1.57. The molecule has 0 saturated heterocycles. The first kappa shape index (κ1) is 6.62. The molecule has 0 N–H and O–H groups in total. The summed E-state index contributed by atoms with van der Waals surface area (Å²) in [5.41, 5.74) is 0. The Kier molecular flexibility index (Phi) is 2.11. The van der Waals surface area contributed by atoms with E-state index < -0.39 is 0 Å². The Morgan fingerprint density at radius 1 is 1.56 bits per heavy atom. The van der Waals surface area contributed by atoms with Crippen molar-refractivity contribution in [1.29, 1.82) is 0 Å². The average Bonchev–Trinajstić information content (AvgIpc) is 2.18. The number of hydrogen-bond acceptors (Lipinski definition) is 2. The molecule has 1 aliphatic rings. The van der Waals surface area contributed by atoms with Gasteiger partial charge in [-0.25, -0.2) is 5.01 Å². The Hall–Kier alpha value is -0.500. The first-order valence-electron chi connectivity index (χ1n) is 3.49. The van der Waals surface area contributed by atoms with E-state index in [-0.39, 0.29) is 0 Å². The van der Waals surface area contributed by atoms with E-state index in [2.05, 4.69) is 36.3 Å². The summed E-state index contributed by atoms with van der Waals surface area (Å²) in [6.07, 6.45) is 5.51. The minimum absolute atomic E-state index is 1.09. The highest BCUT2D eigenvalue weighted by atomic mass is 15.6. The van der Waals surface area contributed by atoms with Crippen molar-refractivity contribution < 1.29 is 0 Å².